The Bertz CT molecular complexity index is 585. The van der Waals surface area contributed by atoms with Crippen molar-refractivity contribution in [3.8, 4) is 0 Å². The largest absolute Gasteiger partial charge is 0.368 e. The molecule has 1 unspecified atom stereocenters. The molecule has 0 saturated carbocycles. The minimum atomic E-state index is -3.91. The number of amides is 1. The highest BCUT2D eigenvalue weighted by molar-refractivity contribution is 7.89. The van der Waals surface area contributed by atoms with Crippen LogP contribution >= 0.6 is 0 Å². The number of primary amides is 1. The molecule has 0 aliphatic rings. The molecule has 1 rings (SSSR count). The third kappa shape index (κ3) is 3.74. The number of hydrogen-bond acceptors (Lipinski definition) is 3. The summed E-state index contributed by atoms with van der Waals surface area (Å²) in [5.41, 5.74) is 5.36. The molecule has 0 fully saturated rings. The van der Waals surface area contributed by atoms with Crippen molar-refractivity contribution in [2.24, 2.45) is 11.7 Å². The molecule has 19 heavy (non-hydrogen) atoms. The Morgan fingerprint density at radius 3 is 2.37 bits per heavy atom. The van der Waals surface area contributed by atoms with Crippen LogP contribution in [0.1, 0.15) is 19.4 Å². The van der Waals surface area contributed by atoms with E-state index in [1.807, 2.05) is 0 Å². The van der Waals surface area contributed by atoms with Crippen LogP contribution in [0.3, 0.4) is 0 Å². The Balaban J connectivity index is 3.10. The number of halogens is 1. The van der Waals surface area contributed by atoms with Gasteiger partial charge in [0.25, 0.3) is 0 Å². The van der Waals surface area contributed by atoms with Crippen LogP contribution in [0.25, 0.3) is 0 Å². The fourth-order valence-electron chi connectivity index (χ4n) is 1.54. The SMILES string of the molecule is Cc1cc(S(=O)(=O)NC(C(N)=O)C(C)C)ccc1F. The fourth-order valence-corrected chi connectivity index (χ4v) is 2.98. The molecule has 5 nitrogen and oxygen atoms in total. The molecule has 1 aromatic carbocycles. The second kappa shape index (κ2) is 5.66. The first-order chi connectivity index (χ1) is 8.65. The summed E-state index contributed by atoms with van der Waals surface area (Å²) in [6.07, 6.45) is 0. The van der Waals surface area contributed by atoms with Crippen molar-refractivity contribution < 1.29 is 17.6 Å². The zero-order chi connectivity index (χ0) is 14.8. The van der Waals surface area contributed by atoms with Crippen molar-refractivity contribution in [2.45, 2.75) is 31.7 Å². The average Bonchev–Trinajstić information content (AvgIpc) is 2.28. The molecule has 0 aliphatic heterocycles. The van der Waals surface area contributed by atoms with E-state index in [9.17, 15) is 17.6 Å². The topological polar surface area (TPSA) is 89.3 Å². The van der Waals surface area contributed by atoms with Crippen molar-refractivity contribution >= 4 is 15.9 Å². The van der Waals surface area contributed by atoms with E-state index in [4.69, 9.17) is 5.73 Å². The van der Waals surface area contributed by atoms with Crippen LogP contribution in [-0.2, 0) is 14.8 Å². The summed E-state index contributed by atoms with van der Waals surface area (Å²) in [4.78, 5) is 11.1. The molecule has 106 valence electrons. The molecule has 0 aliphatic carbocycles. The number of aryl methyl sites for hydroxylation is 1. The number of rotatable bonds is 5. The molecular weight excluding hydrogens is 271 g/mol. The summed E-state index contributed by atoms with van der Waals surface area (Å²) < 4.78 is 39.5. The summed E-state index contributed by atoms with van der Waals surface area (Å²) in [5.74, 6) is -1.53. The predicted molar refractivity (Wildman–Crippen MR) is 69.3 cm³/mol. The van der Waals surface area contributed by atoms with Crippen LogP contribution < -0.4 is 10.5 Å². The first-order valence-corrected chi connectivity index (χ1v) is 7.21. The van der Waals surface area contributed by atoms with Gasteiger partial charge in [0, 0.05) is 0 Å². The van der Waals surface area contributed by atoms with Crippen molar-refractivity contribution in [3.05, 3.63) is 29.6 Å². The van der Waals surface area contributed by atoms with E-state index in [0.717, 1.165) is 12.1 Å². The highest BCUT2D eigenvalue weighted by Crippen LogP contribution is 2.15. The molecule has 0 heterocycles. The van der Waals surface area contributed by atoms with Gasteiger partial charge in [-0.2, -0.15) is 4.72 Å². The fraction of sp³-hybridized carbons (Fsp3) is 0.417. The van der Waals surface area contributed by atoms with E-state index in [1.165, 1.54) is 13.0 Å². The van der Waals surface area contributed by atoms with Crippen LogP contribution in [-0.4, -0.2) is 20.4 Å². The Labute approximate surface area is 112 Å². The predicted octanol–water partition coefficient (Wildman–Crippen LogP) is 0.922. The Hall–Kier alpha value is -1.47. The zero-order valence-corrected chi connectivity index (χ0v) is 11.8. The number of carbonyl (C=O) groups excluding carboxylic acids is 1. The second-order valence-electron chi connectivity index (χ2n) is 4.66. The summed E-state index contributed by atoms with van der Waals surface area (Å²) in [6, 6.07) is 2.41. The maximum atomic E-state index is 13.1. The Morgan fingerprint density at radius 1 is 1.37 bits per heavy atom. The maximum Gasteiger partial charge on any atom is 0.241 e. The minimum absolute atomic E-state index is 0.0988. The van der Waals surface area contributed by atoms with Gasteiger partial charge in [-0.15, -0.1) is 0 Å². The molecule has 0 spiro atoms. The van der Waals surface area contributed by atoms with E-state index in [1.54, 1.807) is 13.8 Å². The van der Waals surface area contributed by atoms with Crippen LogP contribution in [0, 0.1) is 18.7 Å². The number of benzene rings is 1. The van der Waals surface area contributed by atoms with Gasteiger partial charge in [0.15, 0.2) is 0 Å². The first-order valence-electron chi connectivity index (χ1n) is 5.73. The molecule has 1 aromatic rings. The van der Waals surface area contributed by atoms with Gasteiger partial charge < -0.3 is 5.73 Å². The Morgan fingerprint density at radius 2 is 1.95 bits per heavy atom. The first kappa shape index (κ1) is 15.6. The lowest BCUT2D eigenvalue weighted by atomic mass is 10.1. The van der Waals surface area contributed by atoms with E-state index in [0.29, 0.717) is 0 Å². The minimum Gasteiger partial charge on any atom is -0.368 e. The number of carbonyl (C=O) groups is 1. The number of hydrogen-bond donors (Lipinski definition) is 2. The van der Waals surface area contributed by atoms with Crippen LogP contribution in [0.5, 0.6) is 0 Å². The molecule has 7 heteroatoms. The smallest absolute Gasteiger partial charge is 0.241 e. The molecule has 1 amide bonds. The summed E-state index contributed by atoms with van der Waals surface area (Å²) in [6.45, 7) is 4.81. The van der Waals surface area contributed by atoms with Gasteiger partial charge in [-0.3, -0.25) is 4.79 Å². The molecule has 1 atom stereocenters. The van der Waals surface area contributed by atoms with Gasteiger partial charge in [-0.25, -0.2) is 12.8 Å². The van der Waals surface area contributed by atoms with Crippen molar-refractivity contribution in [1.29, 1.82) is 0 Å². The van der Waals surface area contributed by atoms with Crippen LogP contribution in [0.4, 0.5) is 4.39 Å². The average molecular weight is 288 g/mol. The highest BCUT2D eigenvalue weighted by Gasteiger charge is 2.26. The Kier molecular flexibility index (Phi) is 4.65. The second-order valence-corrected chi connectivity index (χ2v) is 6.37. The zero-order valence-electron chi connectivity index (χ0n) is 11.0. The van der Waals surface area contributed by atoms with E-state index >= 15 is 0 Å². The van der Waals surface area contributed by atoms with Crippen molar-refractivity contribution in [3.63, 3.8) is 0 Å². The number of sulfonamides is 1. The lowest BCUT2D eigenvalue weighted by Crippen LogP contribution is -2.47. The highest BCUT2D eigenvalue weighted by atomic mass is 32.2. The maximum absolute atomic E-state index is 13.1. The lowest BCUT2D eigenvalue weighted by Gasteiger charge is -2.19. The number of nitrogens with two attached hydrogens (primary N) is 1. The summed E-state index contributed by atoms with van der Waals surface area (Å²) in [5, 5.41) is 0. The quantitative estimate of drug-likeness (QED) is 0.844. The van der Waals surface area contributed by atoms with Gasteiger partial charge in [0.1, 0.15) is 11.9 Å². The van der Waals surface area contributed by atoms with Crippen molar-refractivity contribution in [2.75, 3.05) is 0 Å². The van der Waals surface area contributed by atoms with Crippen LogP contribution in [0.15, 0.2) is 23.1 Å². The van der Waals surface area contributed by atoms with Gasteiger partial charge in [-0.05, 0) is 36.6 Å². The lowest BCUT2D eigenvalue weighted by molar-refractivity contribution is -0.120. The molecule has 3 N–H and O–H groups in total. The van der Waals surface area contributed by atoms with Crippen LogP contribution in [0.2, 0.25) is 0 Å². The third-order valence-corrected chi connectivity index (χ3v) is 4.13. The van der Waals surface area contributed by atoms with E-state index < -0.39 is 27.8 Å². The van der Waals surface area contributed by atoms with Gasteiger partial charge in [-0.1, -0.05) is 13.8 Å². The molecule has 0 saturated heterocycles. The monoisotopic (exact) mass is 288 g/mol. The van der Waals surface area contributed by atoms with E-state index in [2.05, 4.69) is 4.72 Å². The molecule has 0 radical (unpaired) electrons. The van der Waals surface area contributed by atoms with E-state index in [-0.39, 0.29) is 16.4 Å². The normalized spacial score (nSPS) is 13.5. The van der Waals surface area contributed by atoms with Gasteiger partial charge >= 0.3 is 0 Å². The standard InChI is InChI=1S/C12H17FN2O3S/c1-7(2)11(12(14)16)15-19(17,18)9-4-5-10(13)8(3)6-9/h4-7,11,15H,1-3H3,(H2,14,16). The molecule has 0 aromatic heterocycles. The summed E-state index contributed by atoms with van der Waals surface area (Å²) in [7, 11) is -3.91. The third-order valence-electron chi connectivity index (χ3n) is 2.70. The summed E-state index contributed by atoms with van der Waals surface area (Å²) >= 11 is 0. The van der Waals surface area contributed by atoms with Gasteiger partial charge in [0.2, 0.25) is 15.9 Å². The molecular formula is C12H17FN2O3S. The number of nitrogens with one attached hydrogen (secondary N) is 1. The van der Waals surface area contributed by atoms with Gasteiger partial charge in [0.05, 0.1) is 4.90 Å². The van der Waals surface area contributed by atoms with Crippen molar-refractivity contribution in [1.82, 2.24) is 4.72 Å². The molecule has 0 bridgehead atoms.